The highest BCUT2D eigenvalue weighted by atomic mass is 32.2. The Bertz CT molecular complexity index is 706. The van der Waals surface area contributed by atoms with E-state index in [0.717, 1.165) is 44.2 Å². The summed E-state index contributed by atoms with van der Waals surface area (Å²) in [5.41, 5.74) is 4.32. The fraction of sp³-hybridized carbons (Fsp3) is 0.526. The van der Waals surface area contributed by atoms with Crippen LogP contribution in [-0.4, -0.2) is 23.3 Å². The van der Waals surface area contributed by atoms with Crippen molar-refractivity contribution in [2.24, 2.45) is 0 Å². The van der Waals surface area contributed by atoms with Gasteiger partial charge in [-0.3, -0.25) is 4.79 Å². The largest absolute Gasteiger partial charge is 0.465 e. The van der Waals surface area contributed by atoms with Gasteiger partial charge in [0.2, 0.25) is 0 Å². The number of nitrogens with zero attached hydrogens (tertiary/aromatic N) is 2. The first-order valence-corrected chi connectivity index (χ1v) is 9.62. The Hall–Kier alpha value is -1.80. The van der Waals surface area contributed by atoms with Crippen LogP contribution in [0.4, 0.5) is 0 Å². The minimum atomic E-state index is -0.254. The van der Waals surface area contributed by atoms with Crippen LogP contribution in [-0.2, 0) is 22.4 Å². The van der Waals surface area contributed by atoms with Crippen LogP contribution in [0.5, 0.6) is 0 Å². The topological polar surface area (TPSA) is 63.0 Å². The number of carbonyl (C=O) groups is 1. The highest BCUT2D eigenvalue weighted by Crippen LogP contribution is 2.40. The molecule has 24 heavy (non-hydrogen) atoms. The molecule has 1 atom stereocenters. The molecule has 0 N–H and O–H groups in total. The first-order chi connectivity index (χ1) is 11.7. The zero-order valence-electron chi connectivity index (χ0n) is 14.0. The van der Waals surface area contributed by atoms with Gasteiger partial charge in [0.05, 0.1) is 17.9 Å². The molecule has 0 saturated carbocycles. The van der Waals surface area contributed by atoms with E-state index >= 15 is 0 Å². The quantitative estimate of drug-likeness (QED) is 0.461. The van der Waals surface area contributed by atoms with Crippen molar-refractivity contribution >= 4 is 17.7 Å². The number of ether oxygens (including phenoxy) is 1. The summed E-state index contributed by atoms with van der Waals surface area (Å²) < 4.78 is 5.00. The third kappa shape index (κ3) is 3.49. The van der Waals surface area contributed by atoms with E-state index in [9.17, 15) is 10.1 Å². The second-order valence-corrected chi connectivity index (χ2v) is 7.14. The zero-order chi connectivity index (χ0) is 16.9. The highest BCUT2D eigenvalue weighted by Gasteiger charge is 2.28. The zero-order valence-corrected chi connectivity index (χ0v) is 14.8. The smallest absolute Gasteiger partial charge is 0.316 e. The minimum Gasteiger partial charge on any atom is -0.465 e. The molecule has 2 aliphatic carbocycles. The van der Waals surface area contributed by atoms with Crippen molar-refractivity contribution in [2.45, 2.75) is 56.4 Å². The lowest BCUT2D eigenvalue weighted by atomic mass is 9.83. The van der Waals surface area contributed by atoms with Crippen LogP contribution in [0, 0.1) is 11.3 Å². The maximum Gasteiger partial charge on any atom is 0.316 e. The van der Waals surface area contributed by atoms with Crippen molar-refractivity contribution < 1.29 is 9.53 Å². The molecule has 1 aromatic rings. The molecule has 1 heterocycles. The number of esters is 1. The summed E-state index contributed by atoms with van der Waals surface area (Å²) in [4.78, 5) is 16.4. The fourth-order valence-electron chi connectivity index (χ4n) is 3.63. The number of pyridine rings is 1. The maximum absolute atomic E-state index is 11.7. The van der Waals surface area contributed by atoms with Crippen molar-refractivity contribution in [1.29, 1.82) is 5.26 Å². The van der Waals surface area contributed by atoms with Crippen LogP contribution in [0.25, 0.3) is 0 Å². The monoisotopic (exact) mass is 342 g/mol. The number of hydrogen-bond donors (Lipinski definition) is 0. The molecule has 4 nitrogen and oxygen atoms in total. The summed E-state index contributed by atoms with van der Waals surface area (Å²) in [6.45, 7) is 2.17. The summed E-state index contributed by atoms with van der Waals surface area (Å²) in [6, 6.07) is 2.39. The normalized spacial score (nSPS) is 18.9. The summed E-state index contributed by atoms with van der Waals surface area (Å²) in [6.07, 6.45) is 10.7. The first kappa shape index (κ1) is 17.0. The van der Waals surface area contributed by atoms with E-state index in [-0.39, 0.29) is 11.7 Å². The number of rotatable bonds is 5. The number of nitriles is 1. The molecule has 0 spiro atoms. The molecule has 0 saturated heterocycles. The Morgan fingerprint density at radius 2 is 2.33 bits per heavy atom. The molecule has 0 bridgehead atoms. The number of hydrogen-bond acceptors (Lipinski definition) is 5. The van der Waals surface area contributed by atoms with Crippen molar-refractivity contribution in [1.82, 2.24) is 4.98 Å². The number of carbonyl (C=O) groups excluding carboxylic acids is 1. The molecule has 0 amide bonds. The predicted octanol–water partition coefficient (Wildman–Crippen LogP) is 3.92. The number of aromatic nitrogens is 1. The summed E-state index contributed by atoms with van der Waals surface area (Å²) >= 11 is 1.34. The lowest BCUT2D eigenvalue weighted by molar-refractivity contribution is -0.139. The fourth-order valence-corrected chi connectivity index (χ4v) is 4.45. The van der Waals surface area contributed by atoms with Crippen molar-refractivity contribution in [3.63, 3.8) is 0 Å². The Balaban J connectivity index is 1.96. The first-order valence-electron chi connectivity index (χ1n) is 8.63. The molecule has 0 aliphatic heterocycles. The van der Waals surface area contributed by atoms with E-state index in [4.69, 9.17) is 9.72 Å². The molecule has 0 fully saturated rings. The summed E-state index contributed by atoms with van der Waals surface area (Å²) in [5, 5.41) is 10.5. The minimum absolute atomic E-state index is 0.207. The molecular weight excluding hydrogens is 320 g/mol. The molecule has 5 heteroatoms. The molecule has 0 aromatic carbocycles. The Labute approximate surface area is 147 Å². The maximum atomic E-state index is 11.7. The average Bonchev–Trinajstić information content (AvgIpc) is 3.07. The lowest BCUT2D eigenvalue weighted by Gasteiger charge is -2.23. The summed E-state index contributed by atoms with van der Waals surface area (Å²) in [7, 11) is 0. The number of aryl methyl sites for hydroxylation is 1. The Morgan fingerprint density at radius 3 is 3.04 bits per heavy atom. The van der Waals surface area contributed by atoms with Crippen LogP contribution in [0.1, 0.15) is 60.9 Å². The van der Waals surface area contributed by atoms with Gasteiger partial charge in [-0.05, 0) is 62.5 Å². The number of fused-ring (bicyclic) bond motifs is 1. The molecule has 2 aliphatic rings. The Kier molecular flexibility index (Phi) is 5.57. The standard InChI is InChI=1S/C19H22N2O2S/c1-2-23-17(22)12-24-19-15(11-20)18(13-7-4-3-5-8-13)14-9-6-10-16(14)21-19/h3-4,13H,2,5-10,12H2,1H3/t13-/m0/s1. The third-order valence-corrected chi connectivity index (χ3v) is 5.60. The molecule has 0 radical (unpaired) electrons. The van der Waals surface area contributed by atoms with Gasteiger partial charge in [0, 0.05) is 5.69 Å². The van der Waals surface area contributed by atoms with E-state index in [1.807, 2.05) is 0 Å². The van der Waals surface area contributed by atoms with Crippen LogP contribution < -0.4 is 0 Å². The molecule has 0 unspecified atom stereocenters. The second-order valence-electron chi connectivity index (χ2n) is 6.17. The third-order valence-electron chi connectivity index (χ3n) is 4.65. The van der Waals surface area contributed by atoms with Crippen molar-refractivity contribution in [3.05, 3.63) is 34.5 Å². The van der Waals surface area contributed by atoms with Gasteiger partial charge in [-0.1, -0.05) is 23.9 Å². The van der Waals surface area contributed by atoms with E-state index < -0.39 is 0 Å². The van der Waals surface area contributed by atoms with Gasteiger partial charge in [0.15, 0.2) is 0 Å². The van der Waals surface area contributed by atoms with E-state index in [0.29, 0.717) is 23.1 Å². The van der Waals surface area contributed by atoms with Crippen LogP contribution in [0.15, 0.2) is 17.2 Å². The summed E-state index contributed by atoms with van der Waals surface area (Å²) in [5.74, 6) is 0.357. The van der Waals surface area contributed by atoms with Crippen LogP contribution in [0.2, 0.25) is 0 Å². The van der Waals surface area contributed by atoms with Gasteiger partial charge in [-0.25, -0.2) is 4.98 Å². The molecule has 126 valence electrons. The van der Waals surface area contributed by atoms with Gasteiger partial charge in [-0.2, -0.15) is 5.26 Å². The van der Waals surface area contributed by atoms with Crippen molar-refractivity contribution in [2.75, 3.05) is 12.4 Å². The van der Waals surface area contributed by atoms with E-state index in [1.165, 1.54) is 22.9 Å². The van der Waals surface area contributed by atoms with Gasteiger partial charge < -0.3 is 4.74 Å². The lowest BCUT2D eigenvalue weighted by Crippen LogP contribution is -2.12. The van der Waals surface area contributed by atoms with Gasteiger partial charge >= 0.3 is 5.97 Å². The highest BCUT2D eigenvalue weighted by molar-refractivity contribution is 7.99. The predicted molar refractivity (Wildman–Crippen MR) is 94.1 cm³/mol. The van der Waals surface area contributed by atoms with E-state index in [2.05, 4.69) is 18.2 Å². The molecule has 1 aromatic heterocycles. The molecular formula is C19H22N2O2S. The van der Waals surface area contributed by atoms with E-state index in [1.54, 1.807) is 6.92 Å². The molecule has 3 rings (SSSR count). The van der Waals surface area contributed by atoms with Crippen LogP contribution >= 0.6 is 11.8 Å². The SMILES string of the molecule is CCOC(=O)CSc1nc2c(c([C@H]3CC=CCC3)c1C#N)CCC2. The second kappa shape index (κ2) is 7.85. The number of thioether (sulfide) groups is 1. The van der Waals surface area contributed by atoms with Crippen molar-refractivity contribution in [3.8, 4) is 6.07 Å². The Morgan fingerprint density at radius 1 is 1.46 bits per heavy atom. The van der Waals surface area contributed by atoms with Gasteiger partial charge in [0.1, 0.15) is 11.1 Å². The van der Waals surface area contributed by atoms with Gasteiger partial charge in [0.25, 0.3) is 0 Å². The average molecular weight is 342 g/mol. The van der Waals surface area contributed by atoms with Gasteiger partial charge in [-0.15, -0.1) is 0 Å². The van der Waals surface area contributed by atoms with Crippen LogP contribution in [0.3, 0.4) is 0 Å². The number of allylic oxidation sites excluding steroid dienone is 2.